The Bertz CT molecular complexity index is 1150. The average Bonchev–Trinajstić information content (AvgIpc) is 2.78. The van der Waals surface area contributed by atoms with E-state index in [1.54, 1.807) is 0 Å². The molecule has 0 saturated carbocycles. The van der Waals surface area contributed by atoms with Crippen LogP contribution in [0.5, 0.6) is 0 Å². The normalized spacial score (nSPS) is 11.1. The van der Waals surface area contributed by atoms with E-state index in [1.807, 2.05) is 0 Å². The van der Waals surface area contributed by atoms with Gasteiger partial charge in [-0.25, -0.2) is 0 Å². The second-order valence-electron chi connectivity index (χ2n) is 8.47. The Morgan fingerprint density at radius 1 is 0.375 bits per heavy atom. The lowest BCUT2D eigenvalue weighted by molar-refractivity contribution is -0.598. The van der Waals surface area contributed by atoms with Crippen molar-refractivity contribution in [2.45, 2.75) is 41.5 Å². The lowest BCUT2D eigenvalue weighted by Crippen LogP contribution is -3.61. The number of hydrogen-bond acceptors (Lipinski definition) is 0. The summed E-state index contributed by atoms with van der Waals surface area (Å²) in [6.45, 7) is 13.5. The van der Waals surface area contributed by atoms with Crippen LogP contribution >= 0.6 is 0 Å². The molecule has 0 aliphatic carbocycles. The predicted molar refractivity (Wildman–Crippen MR) is 128 cm³/mol. The van der Waals surface area contributed by atoms with Crippen LogP contribution in [0.25, 0.3) is 11.1 Å². The first-order chi connectivity index (χ1) is 15.3. The van der Waals surface area contributed by atoms with Crippen LogP contribution < -0.4 is 42.4 Å². The third-order valence-corrected chi connectivity index (χ3v) is 12.4. The minimum atomic E-state index is -0.152. The summed E-state index contributed by atoms with van der Waals surface area (Å²) in [7, 11) is 0. The lowest BCUT2D eigenvalue weighted by Gasteiger charge is -2.13. The summed E-state index contributed by atoms with van der Waals surface area (Å²) in [5.41, 5.74) is 11.2. The molecule has 32 heavy (non-hydrogen) atoms. The molecule has 0 nitrogen and oxygen atoms in total. The van der Waals surface area contributed by atoms with E-state index in [-0.39, 0.29) is 42.4 Å². The van der Waals surface area contributed by atoms with Gasteiger partial charge in [0, 0.05) is 11.1 Å². The summed E-state index contributed by atoms with van der Waals surface area (Å²) < 4.78 is 6.04. The number of halogens is 2. The Balaban J connectivity index is 1.64. The van der Waals surface area contributed by atoms with Gasteiger partial charge in [0.15, 0.2) is 14.3 Å². The molecular formula is C30H30I2+2. The van der Waals surface area contributed by atoms with Gasteiger partial charge in [-0.3, -0.25) is 0 Å². The van der Waals surface area contributed by atoms with Crippen LogP contribution in [-0.4, -0.2) is 0 Å². The van der Waals surface area contributed by atoms with Gasteiger partial charge in [-0.2, -0.15) is 0 Å². The molecule has 0 amide bonds. The molecular weight excluding hydrogens is 614 g/mol. The molecule has 0 aliphatic heterocycles. The second-order valence-corrected chi connectivity index (χ2v) is 14.4. The molecule has 0 unspecified atom stereocenters. The van der Waals surface area contributed by atoms with Crippen LogP contribution in [0.2, 0.25) is 0 Å². The van der Waals surface area contributed by atoms with Gasteiger partial charge in [-0.1, -0.05) is 35.4 Å². The highest BCUT2D eigenvalue weighted by Gasteiger charge is 2.24. The zero-order valence-electron chi connectivity index (χ0n) is 19.7. The molecule has 0 fully saturated rings. The first-order valence-electron chi connectivity index (χ1n) is 11.0. The Labute approximate surface area is 214 Å². The van der Waals surface area contributed by atoms with Gasteiger partial charge in [-0.05, 0) is 112 Å². The SMILES string of the molecule is Cc1ccc([I+]c2ccc(-c3ccc([I+]c4ccc(C)cc4)c(C)c3C)c(C)c2C)cc1. The van der Waals surface area contributed by atoms with Crippen LogP contribution in [0.1, 0.15) is 33.4 Å². The van der Waals surface area contributed by atoms with Crippen LogP contribution in [0.4, 0.5) is 0 Å². The first-order valence-corrected chi connectivity index (χ1v) is 15.3. The van der Waals surface area contributed by atoms with Gasteiger partial charge >= 0.3 is 42.4 Å². The molecule has 4 rings (SSSR count). The van der Waals surface area contributed by atoms with Crippen molar-refractivity contribution < 1.29 is 42.4 Å². The summed E-state index contributed by atoms with van der Waals surface area (Å²) in [5, 5.41) is 0. The maximum absolute atomic E-state index is 2.38. The molecule has 0 aromatic heterocycles. The smallest absolute Gasteiger partial charge is 0.0548 e. The van der Waals surface area contributed by atoms with Crippen molar-refractivity contribution >= 4 is 0 Å². The number of hydrogen-bond donors (Lipinski definition) is 0. The van der Waals surface area contributed by atoms with Gasteiger partial charge < -0.3 is 0 Å². The van der Waals surface area contributed by atoms with Gasteiger partial charge in [0.1, 0.15) is 0 Å². The van der Waals surface area contributed by atoms with Crippen molar-refractivity contribution in [2.75, 3.05) is 0 Å². The van der Waals surface area contributed by atoms with Crippen LogP contribution in [0, 0.1) is 55.8 Å². The molecule has 162 valence electrons. The highest BCUT2D eigenvalue weighted by molar-refractivity contribution is 5.72. The molecule has 4 aromatic rings. The van der Waals surface area contributed by atoms with Gasteiger partial charge in [0.2, 0.25) is 0 Å². The molecule has 0 heterocycles. The van der Waals surface area contributed by atoms with Crippen molar-refractivity contribution in [3.63, 3.8) is 0 Å². The molecule has 0 radical (unpaired) electrons. The van der Waals surface area contributed by atoms with Crippen LogP contribution in [-0.2, 0) is 0 Å². The van der Waals surface area contributed by atoms with E-state index >= 15 is 0 Å². The van der Waals surface area contributed by atoms with Crippen molar-refractivity contribution in [3.8, 4) is 11.1 Å². The van der Waals surface area contributed by atoms with Crippen molar-refractivity contribution in [2.24, 2.45) is 0 Å². The van der Waals surface area contributed by atoms with E-state index in [9.17, 15) is 0 Å². The van der Waals surface area contributed by atoms with Gasteiger partial charge in [0.05, 0.1) is 0 Å². The van der Waals surface area contributed by atoms with E-state index < -0.39 is 0 Å². The molecule has 2 heteroatoms. The Morgan fingerprint density at radius 3 is 1.06 bits per heavy atom. The molecule has 0 bridgehead atoms. The molecule has 4 aromatic carbocycles. The third-order valence-electron chi connectivity index (χ3n) is 6.18. The fraction of sp³-hybridized carbons (Fsp3) is 0.200. The summed E-state index contributed by atoms with van der Waals surface area (Å²) in [6.07, 6.45) is 0. The summed E-state index contributed by atoms with van der Waals surface area (Å²) in [5.74, 6) is 0. The number of aryl methyl sites for hydroxylation is 2. The Kier molecular flexibility index (Phi) is 7.40. The molecule has 0 spiro atoms. The third kappa shape index (κ3) is 5.12. The molecule has 0 atom stereocenters. The maximum atomic E-state index is 2.38. The summed E-state index contributed by atoms with van der Waals surface area (Å²) >= 11 is -0.304. The van der Waals surface area contributed by atoms with E-state index in [1.165, 1.54) is 58.8 Å². The van der Waals surface area contributed by atoms with Crippen LogP contribution in [0.15, 0.2) is 72.8 Å². The summed E-state index contributed by atoms with van der Waals surface area (Å²) in [6, 6.07) is 27.6. The minimum Gasteiger partial charge on any atom is -0.0548 e. The van der Waals surface area contributed by atoms with Gasteiger partial charge in [-0.15, -0.1) is 0 Å². The highest BCUT2D eigenvalue weighted by atomic mass is 127. The highest BCUT2D eigenvalue weighted by Crippen LogP contribution is 2.29. The summed E-state index contributed by atoms with van der Waals surface area (Å²) in [4.78, 5) is 0. The van der Waals surface area contributed by atoms with E-state index in [0.29, 0.717) is 0 Å². The Hall–Kier alpha value is -1.66. The molecule has 0 N–H and O–H groups in total. The lowest BCUT2D eigenvalue weighted by atomic mass is 9.92. The fourth-order valence-corrected chi connectivity index (χ4v) is 8.91. The largest absolute Gasteiger partial charge is 0.358 e. The monoisotopic (exact) mass is 644 g/mol. The predicted octanol–water partition coefficient (Wildman–Crippen LogP) is 1.46. The zero-order valence-corrected chi connectivity index (χ0v) is 24.0. The standard InChI is InChI=1S/C30H30I2/c1-19-7-11-25(12-8-19)31-29-17-15-27(21(3)23(29)5)28-16-18-30(24(6)22(28)4)32-26-13-9-20(2)10-14-26/h7-18H,1-6H3/q+2. The average molecular weight is 644 g/mol. The minimum absolute atomic E-state index is 0.152. The maximum Gasteiger partial charge on any atom is 0.358 e. The van der Waals surface area contributed by atoms with E-state index in [4.69, 9.17) is 0 Å². The van der Waals surface area contributed by atoms with Crippen molar-refractivity contribution in [1.29, 1.82) is 0 Å². The second kappa shape index (κ2) is 10.1. The molecule has 0 aliphatic rings. The van der Waals surface area contributed by atoms with Crippen molar-refractivity contribution in [1.82, 2.24) is 0 Å². The van der Waals surface area contributed by atoms with Gasteiger partial charge in [0.25, 0.3) is 0 Å². The fourth-order valence-electron chi connectivity index (χ4n) is 3.79. The zero-order chi connectivity index (χ0) is 22.8. The van der Waals surface area contributed by atoms with Crippen molar-refractivity contribution in [3.05, 3.63) is 120 Å². The number of rotatable bonds is 5. The van der Waals surface area contributed by atoms with E-state index in [0.717, 1.165) is 0 Å². The van der Waals surface area contributed by atoms with E-state index in [2.05, 4.69) is 114 Å². The first kappa shape index (κ1) is 23.5. The van der Waals surface area contributed by atoms with Crippen LogP contribution in [0.3, 0.4) is 0 Å². The molecule has 0 saturated heterocycles. The quantitative estimate of drug-likeness (QED) is 0.289. The number of benzene rings is 4. The topological polar surface area (TPSA) is 0 Å². The Morgan fingerprint density at radius 2 is 0.719 bits per heavy atom.